The van der Waals surface area contributed by atoms with Gasteiger partial charge < -0.3 is 20.1 Å². The van der Waals surface area contributed by atoms with E-state index < -0.39 is 15.9 Å². The molecule has 1 amide bonds. The second-order valence-electron chi connectivity index (χ2n) is 4.25. The summed E-state index contributed by atoms with van der Waals surface area (Å²) in [6.45, 7) is 1.29. The molecule has 20 heavy (non-hydrogen) atoms. The molecule has 9 heteroatoms. The van der Waals surface area contributed by atoms with Crippen LogP contribution >= 0.6 is 0 Å². The number of nitrogens with one attached hydrogen (secondary N) is 2. The standard InChI is InChI=1S/C11H17N3O5S/c15-4-1-12-11(16)10-7-9(8-13-10)20(17,18)14-2-5-19-6-3-14/h7-8,13,15H,1-6H2,(H,12,16). The number of carbonyl (C=O) groups excluding carboxylic acids is 1. The lowest BCUT2D eigenvalue weighted by Gasteiger charge is -2.25. The molecule has 0 atom stereocenters. The summed E-state index contributed by atoms with van der Waals surface area (Å²) < 4.78 is 31.1. The lowest BCUT2D eigenvalue weighted by molar-refractivity contribution is 0.0730. The number of nitrogens with zero attached hydrogens (tertiary/aromatic N) is 1. The minimum Gasteiger partial charge on any atom is -0.395 e. The van der Waals surface area contributed by atoms with Crippen LogP contribution in [-0.4, -0.2) is 68.2 Å². The number of hydrogen-bond donors (Lipinski definition) is 3. The molecule has 3 N–H and O–H groups in total. The smallest absolute Gasteiger partial charge is 0.267 e. The Morgan fingerprint density at radius 3 is 2.80 bits per heavy atom. The lowest BCUT2D eigenvalue weighted by atomic mass is 10.4. The van der Waals surface area contributed by atoms with E-state index in [2.05, 4.69) is 10.3 Å². The van der Waals surface area contributed by atoms with Gasteiger partial charge in [0.15, 0.2) is 0 Å². The van der Waals surface area contributed by atoms with Crippen molar-refractivity contribution in [2.45, 2.75) is 4.90 Å². The molecule has 0 aromatic carbocycles. The summed E-state index contributed by atoms with van der Waals surface area (Å²) in [6.07, 6.45) is 1.29. The van der Waals surface area contributed by atoms with Gasteiger partial charge in [-0.25, -0.2) is 8.42 Å². The normalized spacial score (nSPS) is 17.1. The van der Waals surface area contributed by atoms with Gasteiger partial charge in [0.05, 0.1) is 19.8 Å². The molecule has 112 valence electrons. The van der Waals surface area contributed by atoms with Crippen molar-refractivity contribution in [1.82, 2.24) is 14.6 Å². The third-order valence-electron chi connectivity index (χ3n) is 2.91. The maximum atomic E-state index is 12.3. The molecular formula is C11H17N3O5S. The van der Waals surface area contributed by atoms with Crippen LogP contribution in [0.25, 0.3) is 0 Å². The highest BCUT2D eigenvalue weighted by Crippen LogP contribution is 2.17. The Labute approximate surface area is 116 Å². The number of ether oxygens (including phenoxy) is 1. The minimum absolute atomic E-state index is 0.0496. The summed E-state index contributed by atoms with van der Waals surface area (Å²) in [5, 5.41) is 11.1. The number of aliphatic hydroxyl groups excluding tert-OH is 1. The maximum absolute atomic E-state index is 12.3. The third kappa shape index (κ3) is 3.18. The zero-order valence-electron chi connectivity index (χ0n) is 10.8. The molecule has 0 saturated carbocycles. The second-order valence-corrected chi connectivity index (χ2v) is 6.18. The Kier molecular flexibility index (Phi) is 4.76. The summed E-state index contributed by atoms with van der Waals surface area (Å²) in [4.78, 5) is 14.3. The number of carbonyl (C=O) groups is 1. The molecule has 1 saturated heterocycles. The first-order valence-electron chi connectivity index (χ1n) is 6.21. The molecule has 1 aliphatic rings. The fraction of sp³-hybridized carbons (Fsp3) is 0.545. The molecule has 0 aliphatic carbocycles. The van der Waals surface area contributed by atoms with Crippen LogP contribution in [0.2, 0.25) is 0 Å². The van der Waals surface area contributed by atoms with Crippen LogP contribution in [0.15, 0.2) is 17.2 Å². The number of aliphatic hydroxyl groups is 1. The molecule has 0 radical (unpaired) electrons. The van der Waals surface area contributed by atoms with E-state index in [9.17, 15) is 13.2 Å². The van der Waals surface area contributed by atoms with E-state index in [-0.39, 0.29) is 23.7 Å². The largest absolute Gasteiger partial charge is 0.395 e. The average molecular weight is 303 g/mol. The van der Waals surface area contributed by atoms with E-state index in [4.69, 9.17) is 9.84 Å². The van der Waals surface area contributed by atoms with E-state index in [1.807, 2.05) is 0 Å². The van der Waals surface area contributed by atoms with Crippen molar-refractivity contribution in [1.29, 1.82) is 0 Å². The first kappa shape index (κ1) is 15.0. The van der Waals surface area contributed by atoms with E-state index in [1.54, 1.807) is 0 Å². The van der Waals surface area contributed by atoms with Crippen LogP contribution in [0.4, 0.5) is 0 Å². The zero-order valence-corrected chi connectivity index (χ0v) is 11.6. The molecule has 0 unspecified atom stereocenters. The van der Waals surface area contributed by atoms with Crippen LogP contribution in [0.1, 0.15) is 10.5 Å². The fourth-order valence-electron chi connectivity index (χ4n) is 1.86. The molecule has 1 aromatic rings. The Morgan fingerprint density at radius 2 is 2.15 bits per heavy atom. The van der Waals surface area contributed by atoms with Gasteiger partial charge in [-0.15, -0.1) is 0 Å². The minimum atomic E-state index is -3.60. The van der Waals surface area contributed by atoms with Gasteiger partial charge in [-0.2, -0.15) is 4.31 Å². The van der Waals surface area contributed by atoms with Gasteiger partial charge in [0.25, 0.3) is 5.91 Å². The average Bonchev–Trinajstić information content (AvgIpc) is 2.96. The quantitative estimate of drug-likeness (QED) is 0.630. The van der Waals surface area contributed by atoms with Crippen LogP contribution < -0.4 is 5.32 Å². The van der Waals surface area contributed by atoms with Gasteiger partial charge in [0.2, 0.25) is 10.0 Å². The van der Waals surface area contributed by atoms with Gasteiger partial charge in [-0.05, 0) is 6.07 Å². The Balaban J connectivity index is 2.13. The van der Waals surface area contributed by atoms with Gasteiger partial charge in [0.1, 0.15) is 10.6 Å². The summed E-state index contributed by atoms with van der Waals surface area (Å²) >= 11 is 0. The summed E-state index contributed by atoms with van der Waals surface area (Å²) in [7, 11) is -3.60. The van der Waals surface area contributed by atoms with E-state index in [1.165, 1.54) is 16.6 Å². The van der Waals surface area contributed by atoms with Crippen molar-refractivity contribution >= 4 is 15.9 Å². The first-order valence-corrected chi connectivity index (χ1v) is 7.65. The van der Waals surface area contributed by atoms with E-state index in [0.717, 1.165) is 0 Å². The fourth-order valence-corrected chi connectivity index (χ4v) is 3.26. The number of amides is 1. The van der Waals surface area contributed by atoms with Crippen LogP contribution in [0.5, 0.6) is 0 Å². The molecule has 2 rings (SSSR count). The molecule has 1 aromatic heterocycles. The maximum Gasteiger partial charge on any atom is 0.267 e. The SMILES string of the molecule is O=C(NCCO)c1cc(S(=O)(=O)N2CCOCC2)c[nH]1. The summed E-state index contributed by atoms with van der Waals surface area (Å²) in [6, 6.07) is 1.29. The molecule has 0 spiro atoms. The molecule has 0 bridgehead atoms. The van der Waals surface area contributed by atoms with Crippen molar-refractivity contribution < 1.29 is 23.1 Å². The number of hydrogen-bond acceptors (Lipinski definition) is 5. The molecule has 8 nitrogen and oxygen atoms in total. The van der Waals surface area contributed by atoms with Gasteiger partial charge in [-0.1, -0.05) is 0 Å². The van der Waals surface area contributed by atoms with Crippen LogP contribution in [-0.2, 0) is 14.8 Å². The number of aromatic nitrogens is 1. The molecule has 1 aliphatic heterocycles. The first-order chi connectivity index (χ1) is 9.55. The van der Waals surface area contributed by atoms with Crippen molar-refractivity contribution in [3.05, 3.63) is 18.0 Å². The molecule has 1 fully saturated rings. The number of aromatic amines is 1. The van der Waals surface area contributed by atoms with Crippen LogP contribution in [0, 0.1) is 0 Å². The van der Waals surface area contributed by atoms with Crippen molar-refractivity contribution in [2.75, 3.05) is 39.5 Å². The third-order valence-corrected chi connectivity index (χ3v) is 4.78. The highest BCUT2D eigenvalue weighted by atomic mass is 32.2. The predicted octanol–water partition coefficient (Wildman–Crippen LogP) is -1.24. The van der Waals surface area contributed by atoms with Crippen molar-refractivity contribution in [3.63, 3.8) is 0 Å². The Morgan fingerprint density at radius 1 is 1.45 bits per heavy atom. The number of sulfonamides is 1. The monoisotopic (exact) mass is 303 g/mol. The second kappa shape index (κ2) is 6.35. The summed E-state index contributed by atoms with van der Waals surface area (Å²) in [5.74, 6) is -0.456. The van der Waals surface area contributed by atoms with E-state index >= 15 is 0 Å². The molecule has 2 heterocycles. The van der Waals surface area contributed by atoms with Gasteiger partial charge in [0, 0.05) is 25.8 Å². The number of rotatable bonds is 5. The van der Waals surface area contributed by atoms with Crippen molar-refractivity contribution in [3.8, 4) is 0 Å². The van der Waals surface area contributed by atoms with Crippen LogP contribution in [0.3, 0.4) is 0 Å². The Hall–Kier alpha value is -1.42. The van der Waals surface area contributed by atoms with Gasteiger partial charge in [-0.3, -0.25) is 4.79 Å². The van der Waals surface area contributed by atoms with E-state index in [0.29, 0.717) is 26.3 Å². The topological polar surface area (TPSA) is 112 Å². The van der Waals surface area contributed by atoms with Crippen molar-refractivity contribution in [2.24, 2.45) is 0 Å². The summed E-state index contributed by atoms with van der Waals surface area (Å²) in [5.41, 5.74) is 0.144. The number of H-pyrrole nitrogens is 1. The predicted molar refractivity (Wildman–Crippen MR) is 69.8 cm³/mol. The zero-order chi connectivity index (χ0) is 14.6. The number of morpholine rings is 1. The molecular weight excluding hydrogens is 286 g/mol. The lowest BCUT2D eigenvalue weighted by Crippen LogP contribution is -2.40. The highest BCUT2D eigenvalue weighted by molar-refractivity contribution is 7.89. The van der Waals surface area contributed by atoms with Gasteiger partial charge >= 0.3 is 0 Å². The Bertz CT molecular complexity index is 562. The highest BCUT2D eigenvalue weighted by Gasteiger charge is 2.27.